The fraction of sp³-hybridized carbons (Fsp3) is 0.261. The number of anilines is 1. The molecule has 7 heteroatoms. The minimum atomic E-state index is -0.195. The number of carbonyl (C=O) groups excluding carboxylic acids is 1. The third-order valence-electron chi connectivity index (χ3n) is 5.05. The Labute approximate surface area is 174 Å². The second-order valence-corrected chi connectivity index (χ2v) is 7.09. The molecular weight excluding hydrogens is 378 g/mol. The van der Waals surface area contributed by atoms with Crippen LogP contribution in [0.4, 0.5) is 5.69 Å². The molecule has 0 atom stereocenters. The summed E-state index contributed by atoms with van der Waals surface area (Å²) in [5, 5.41) is 5.79. The Bertz CT molecular complexity index is 1170. The number of aromatic amines is 1. The first-order valence-electron chi connectivity index (χ1n) is 10.1. The number of pyridine rings is 1. The minimum absolute atomic E-state index is 0.195. The molecule has 0 aliphatic heterocycles. The van der Waals surface area contributed by atoms with Gasteiger partial charge in [-0.05, 0) is 50.1 Å². The van der Waals surface area contributed by atoms with Crippen LogP contribution in [-0.4, -0.2) is 32.3 Å². The van der Waals surface area contributed by atoms with E-state index in [2.05, 4.69) is 29.2 Å². The Morgan fingerprint density at radius 3 is 2.70 bits per heavy atom. The Morgan fingerprint density at radius 1 is 1.17 bits per heavy atom. The lowest BCUT2D eigenvalue weighted by Gasteiger charge is -2.04. The monoisotopic (exact) mass is 403 g/mol. The summed E-state index contributed by atoms with van der Waals surface area (Å²) in [5.41, 5.74) is 12.3. The summed E-state index contributed by atoms with van der Waals surface area (Å²) in [5.74, 6) is -0.195. The number of nitrogen functional groups attached to an aromatic ring is 1. The van der Waals surface area contributed by atoms with Gasteiger partial charge in [-0.3, -0.25) is 9.48 Å². The number of nitrogens with one attached hydrogen (secondary N) is 1. The lowest BCUT2D eigenvalue weighted by molar-refractivity contribution is -0.143. The summed E-state index contributed by atoms with van der Waals surface area (Å²) in [6.07, 6.45) is 4.76. The predicted octanol–water partition coefficient (Wildman–Crippen LogP) is 4.19. The van der Waals surface area contributed by atoms with Gasteiger partial charge in [-0.25, -0.2) is 4.98 Å². The maximum atomic E-state index is 11.7. The molecule has 0 radical (unpaired) electrons. The topological polar surface area (TPSA) is 98.8 Å². The Hall–Kier alpha value is -3.61. The smallest absolute Gasteiger partial charge is 0.306 e. The number of esters is 1. The first-order chi connectivity index (χ1) is 14.6. The number of nitrogens with zero attached hydrogens (tertiary/aromatic N) is 3. The highest BCUT2D eigenvalue weighted by Gasteiger charge is 2.17. The highest BCUT2D eigenvalue weighted by atomic mass is 16.5. The summed E-state index contributed by atoms with van der Waals surface area (Å²) >= 11 is 0. The van der Waals surface area contributed by atoms with Crippen LogP contribution in [0.3, 0.4) is 0 Å². The van der Waals surface area contributed by atoms with Gasteiger partial charge in [0.25, 0.3) is 0 Å². The van der Waals surface area contributed by atoms with Gasteiger partial charge in [0.15, 0.2) is 0 Å². The number of fused-ring (bicyclic) bond motifs is 1. The van der Waals surface area contributed by atoms with Gasteiger partial charge in [0, 0.05) is 46.8 Å². The summed E-state index contributed by atoms with van der Waals surface area (Å²) in [6, 6.07) is 11.8. The van der Waals surface area contributed by atoms with Gasteiger partial charge in [-0.15, -0.1) is 0 Å². The Kier molecular flexibility index (Phi) is 5.52. The predicted molar refractivity (Wildman–Crippen MR) is 118 cm³/mol. The molecule has 0 fully saturated rings. The molecule has 154 valence electrons. The number of hydrogen-bond donors (Lipinski definition) is 2. The number of rotatable bonds is 7. The van der Waals surface area contributed by atoms with Crippen molar-refractivity contribution in [3.8, 4) is 22.4 Å². The Balaban J connectivity index is 1.75. The van der Waals surface area contributed by atoms with Crippen molar-refractivity contribution in [2.24, 2.45) is 0 Å². The van der Waals surface area contributed by atoms with Crippen molar-refractivity contribution in [2.45, 2.75) is 33.2 Å². The van der Waals surface area contributed by atoms with Crippen LogP contribution in [0.25, 0.3) is 33.4 Å². The molecule has 3 N–H and O–H groups in total. The van der Waals surface area contributed by atoms with Crippen LogP contribution in [0, 0.1) is 0 Å². The molecule has 0 amide bonds. The fourth-order valence-corrected chi connectivity index (χ4v) is 3.56. The van der Waals surface area contributed by atoms with E-state index >= 15 is 0 Å². The number of nitrogens with two attached hydrogens (primary N) is 1. The van der Waals surface area contributed by atoms with Gasteiger partial charge < -0.3 is 15.5 Å². The van der Waals surface area contributed by atoms with E-state index in [1.807, 2.05) is 41.9 Å². The molecule has 4 aromatic rings. The molecule has 0 bridgehead atoms. The van der Waals surface area contributed by atoms with Crippen molar-refractivity contribution in [1.82, 2.24) is 19.7 Å². The maximum absolute atomic E-state index is 11.7. The number of aromatic nitrogens is 4. The van der Waals surface area contributed by atoms with E-state index < -0.39 is 0 Å². The zero-order valence-corrected chi connectivity index (χ0v) is 17.2. The number of ether oxygens (including phenoxy) is 1. The van der Waals surface area contributed by atoms with Crippen molar-refractivity contribution in [3.63, 3.8) is 0 Å². The first kappa shape index (κ1) is 19.7. The number of hydrogen-bond acceptors (Lipinski definition) is 5. The largest absolute Gasteiger partial charge is 0.466 e. The molecule has 7 nitrogen and oxygen atoms in total. The lowest BCUT2D eigenvalue weighted by Crippen LogP contribution is -2.05. The van der Waals surface area contributed by atoms with Crippen LogP contribution >= 0.6 is 0 Å². The van der Waals surface area contributed by atoms with E-state index in [1.54, 1.807) is 6.20 Å². The van der Waals surface area contributed by atoms with Gasteiger partial charge in [-0.2, -0.15) is 5.10 Å². The molecule has 0 saturated heterocycles. The van der Waals surface area contributed by atoms with Crippen LogP contribution < -0.4 is 5.73 Å². The zero-order valence-electron chi connectivity index (χ0n) is 17.2. The molecule has 4 rings (SSSR count). The molecule has 3 heterocycles. The van der Waals surface area contributed by atoms with E-state index in [1.165, 1.54) is 0 Å². The molecular formula is C23H25N5O2. The standard InChI is InChI=1S/C23H25N5O2/c1-3-28-14-20(22(27-28)15-5-7-16(24)8-6-15)18-11-12-25-23-19(18)13-17(26-23)9-10-21(29)30-4-2/h5-8,11-14H,3-4,9-10,24H2,1-2H3,(H,25,26). The third-order valence-corrected chi connectivity index (χ3v) is 5.05. The van der Waals surface area contributed by atoms with E-state index in [-0.39, 0.29) is 5.97 Å². The average molecular weight is 403 g/mol. The van der Waals surface area contributed by atoms with Crippen LogP contribution in [0.1, 0.15) is 26.0 Å². The molecule has 0 aliphatic carbocycles. The van der Waals surface area contributed by atoms with Crippen LogP contribution in [-0.2, 0) is 22.5 Å². The highest BCUT2D eigenvalue weighted by Crippen LogP contribution is 2.35. The highest BCUT2D eigenvalue weighted by molar-refractivity contribution is 5.97. The summed E-state index contributed by atoms with van der Waals surface area (Å²) in [4.78, 5) is 19.5. The maximum Gasteiger partial charge on any atom is 0.306 e. The van der Waals surface area contributed by atoms with Crippen molar-refractivity contribution >= 4 is 22.7 Å². The fourth-order valence-electron chi connectivity index (χ4n) is 3.56. The Morgan fingerprint density at radius 2 is 1.97 bits per heavy atom. The van der Waals surface area contributed by atoms with E-state index in [0.717, 1.165) is 51.3 Å². The average Bonchev–Trinajstić information content (AvgIpc) is 3.37. The van der Waals surface area contributed by atoms with Crippen LogP contribution in [0.15, 0.2) is 48.8 Å². The van der Waals surface area contributed by atoms with E-state index in [4.69, 9.17) is 15.6 Å². The summed E-state index contributed by atoms with van der Waals surface area (Å²) < 4.78 is 6.96. The molecule has 0 saturated carbocycles. The van der Waals surface area contributed by atoms with E-state index in [0.29, 0.717) is 19.4 Å². The van der Waals surface area contributed by atoms with Crippen LogP contribution in [0.2, 0.25) is 0 Å². The molecule has 3 aromatic heterocycles. The van der Waals surface area contributed by atoms with Gasteiger partial charge in [0.1, 0.15) is 11.3 Å². The molecule has 0 spiro atoms. The number of benzene rings is 1. The summed E-state index contributed by atoms with van der Waals surface area (Å²) in [7, 11) is 0. The molecule has 30 heavy (non-hydrogen) atoms. The van der Waals surface area contributed by atoms with Gasteiger partial charge >= 0.3 is 5.97 Å². The van der Waals surface area contributed by atoms with Crippen molar-refractivity contribution in [1.29, 1.82) is 0 Å². The van der Waals surface area contributed by atoms with Gasteiger partial charge in [0.2, 0.25) is 0 Å². The SMILES string of the molecule is CCOC(=O)CCc1cc2c(-c3cn(CC)nc3-c3ccc(N)cc3)ccnc2[nH]1. The summed E-state index contributed by atoms with van der Waals surface area (Å²) in [6.45, 7) is 5.04. The number of aryl methyl sites for hydroxylation is 2. The van der Waals surface area contributed by atoms with Gasteiger partial charge in [0.05, 0.1) is 13.0 Å². The molecule has 0 unspecified atom stereocenters. The van der Waals surface area contributed by atoms with Crippen molar-refractivity contribution in [2.75, 3.05) is 12.3 Å². The van der Waals surface area contributed by atoms with Gasteiger partial charge in [-0.1, -0.05) is 12.1 Å². The quantitative estimate of drug-likeness (QED) is 0.356. The normalized spacial score (nSPS) is 11.1. The molecule has 0 aliphatic rings. The van der Waals surface area contributed by atoms with Crippen molar-refractivity contribution in [3.05, 3.63) is 54.5 Å². The number of carbonyl (C=O) groups is 1. The number of H-pyrrole nitrogens is 1. The minimum Gasteiger partial charge on any atom is -0.466 e. The molecule has 1 aromatic carbocycles. The second-order valence-electron chi connectivity index (χ2n) is 7.09. The third kappa shape index (κ3) is 3.91. The van der Waals surface area contributed by atoms with Crippen LogP contribution in [0.5, 0.6) is 0 Å². The second kappa shape index (κ2) is 8.41. The first-order valence-corrected chi connectivity index (χ1v) is 10.1. The lowest BCUT2D eigenvalue weighted by atomic mass is 10.00. The zero-order chi connectivity index (χ0) is 21.1. The van der Waals surface area contributed by atoms with Crippen molar-refractivity contribution < 1.29 is 9.53 Å². The van der Waals surface area contributed by atoms with E-state index in [9.17, 15) is 4.79 Å².